The van der Waals surface area contributed by atoms with Gasteiger partial charge in [-0.15, -0.1) is 0 Å². The topological polar surface area (TPSA) is 78.4 Å². The average molecular weight is 306 g/mol. The van der Waals surface area contributed by atoms with Gasteiger partial charge in [0.1, 0.15) is 0 Å². The molecule has 3 N–H and O–H groups in total. The number of nitrogens with one attached hydrogen (secondary N) is 2. The van der Waals surface area contributed by atoms with E-state index in [1.165, 1.54) is 0 Å². The third kappa shape index (κ3) is 7.78. The number of carbonyl (C=O) groups is 2. The molecule has 5 heteroatoms. The smallest absolute Gasteiger partial charge is 0.239 e. The number of rotatable bonds is 7. The minimum Gasteiger partial charge on any atom is -0.394 e. The van der Waals surface area contributed by atoms with E-state index in [2.05, 4.69) is 10.6 Å². The van der Waals surface area contributed by atoms with E-state index in [4.69, 9.17) is 0 Å². The summed E-state index contributed by atoms with van der Waals surface area (Å²) in [5, 5.41) is 14.6. The van der Waals surface area contributed by atoms with E-state index in [1.54, 1.807) is 0 Å². The summed E-state index contributed by atoms with van der Waals surface area (Å²) in [6, 6.07) is 9.06. The SMILES string of the molecule is CC(C)(C)CC(CO)NC(=O)CNC(=O)Cc1ccccc1. The molecule has 0 aliphatic heterocycles. The molecule has 0 saturated carbocycles. The van der Waals surface area contributed by atoms with Crippen LogP contribution in [0.4, 0.5) is 0 Å². The second-order valence-electron chi connectivity index (χ2n) is 6.65. The highest BCUT2D eigenvalue weighted by atomic mass is 16.3. The van der Waals surface area contributed by atoms with Crippen LogP contribution in [0.5, 0.6) is 0 Å². The van der Waals surface area contributed by atoms with Gasteiger partial charge >= 0.3 is 0 Å². The Kier molecular flexibility index (Phi) is 7.05. The monoisotopic (exact) mass is 306 g/mol. The molecule has 22 heavy (non-hydrogen) atoms. The highest BCUT2D eigenvalue weighted by Crippen LogP contribution is 2.20. The molecule has 2 amide bonds. The molecule has 1 aromatic rings. The van der Waals surface area contributed by atoms with Crippen molar-refractivity contribution in [2.75, 3.05) is 13.2 Å². The number of hydrogen-bond acceptors (Lipinski definition) is 3. The summed E-state index contributed by atoms with van der Waals surface area (Å²) >= 11 is 0. The molecular weight excluding hydrogens is 280 g/mol. The van der Waals surface area contributed by atoms with Crippen molar-refractivity contribution in [3.8, 4) is 0 Å². The normalized spacial score (nSPS) is 12.5. The van der Waals surface area contributed by atoms with E-state index in [0.717, 1.165) is 5.56 Å². The van der Waals surface area contributed by atoms with Crippen molar-refractivity contribution in [2.24, 2.45) is 5.41 Å². The molecular formula is C17H26N2O3. The summed E-state index contributed by atoms with van der Waals surface area (Å²) in [4.78, 5) is 23.6. The lowest BCUT2D eigenvalue weighted by Crippen LogP contribution is -2.45. The van der Waals surface area contributed by atoms with Crippen LogP contribution in [0.25, 0.3) is 0 Å². The summed E-state index contributed by atoms with van der Waals surface area (Å²) < 4.78 is 0. The standard InChI is InChI=1S/C17H26N2O3/c1-17(2,3)10-14(12-20)19-16(22)11-18-15(21)9-13-7-5-4-6-8-13/h4-8,14,20H,9-12H2,1-3H3,(H,18,21)(H,19,22). The molecule has 122 valence electrons. The molecule has 0 aromatic heterocycles. The third-order valence-corrected chi connectivity index (χ3v) is 3.10. The number of carbonyl (C=O) groups excluding carboxylic acids is 2. The minimum atomic E-state index is -0.293. The molecule has 1 unspecified atom stereocenters. The first-order chi connectivity index (χ1) is 10.3. The molecule has 0 saturated heterocycles. The zero-order chi connectivity index (χ0) is 16.6. The summed E-state index contributed by atoms with van der Waals surface area (Å²) in [5.74, 6) is -0.484. The van der Waals surface area contributed by atoms with E-state index in [9.17, 15) is 14.7 Å². The van der Waals surface area contributed by atoms with Gasteiger partial charge in [0.2, 0.25) is 11.8 Å². The molecule has 1 aromatic carbocycles. The minimum absolute atomic E-state index is 0.0111. The Bertz CT molecular complexity index is 480. The van der Waals surface area contributed by atoms with Crippen LogP contribution in [0.15, 0.2) is 30.3 Å². The lowest BCUT2D eigenvalue weighted by molar-refractivity contribution is -0.126. The zero-order valence-corrected chi connectivity index (χ0v) is 13.6. The number of benzene rings is 1. The lowest BCUT2D eigenvalue weighted by atomic mass is 9.88. The van der Waals surface area contributed by atoms with Crippen LogP contribution in [0.2, 0.25) is 0 Å². The van der Waals surface area contributed by atoms with Crippen LogP contribution < -0.4 is 10.6 Å². The summed E-state index contributed by atoms with van der Waals surface area (Å²) in [6.45, 7) is 5.95. The Labute approximate surface area is 132 Å². The molecule has 1 atom stereocenters. The van der Waals surface area contributed by atoms with Gasteiger partial charge < -0.3 is 15.7 Å². The van der Waals surface area contributed by atoms with E-state index in [0.29, 0.717) is 6.42 Å². The van der Waals surface area contributed by atoms with E-state index < -0.39 is 0 Å². The van der Waals surface area contributed by atoms with E-state index in [1.807, 2.05) is 51.1 Å². The molecule has 1 rings (SSSR count). The van der Waals surface area contributed by atoms with Gasteiger partial charge in [-0.3, -0.25) is 9.59 Å². The Morgan fingerprint density at radius 3 is 2.32 bits per heavy atom. The summed E-state index contributed by atoms with van der Waals surface area (Å²) in [5.41, 5.74) is 0.915. The van der Waals surface area contributed by atoms with Gasteiger partial charge in [-0.1, -0.05) is 51.1 Å². The molecule has 0 radical (unpaired) electrons. The quantitative estimate of drug-likeness (QED) is 0.709. The second kappa shape index (κ2) is 8.54. The third-order valence-electron chi connectivity index (χ3n) is 3.10. The first-order valence-corrected chi connectivity index (χ1v) is 7.51. The van der Waals surface area contributed by atoms with Crippen molar-refractivity contribution < 1.29 is 14.7 Å². The lowest BCUT2D eigenvalue weighted by Gasteiger charge is -2.25. The molecule has 0 bridgehead atoms. The highest BCUT2D eigenvalue weighted by Gasteiger charge is 2.19. The first-order valence-electron chi connectivity index (χ1n) is 7.51. The Morgan fingerprint density at radius 2 is 1.77 bits per heavy atom. The van der Waals surface area contributed by atoms with Crippen LogP contribution in [0, 0.1) is 5.41 Å². The maximum atomic E-state index is 11.8. The van der Waals surface area contributed by atoms with Crippen molar-refractivity contribution in [1.82, 2.24) is 10.6 Å². The fraction of sp³-hybridized carbons (Fsp3) is 0.529. The number of hydrogen-bond donors (Lipinski definition) is 3. The molecule has 0 heterocycles. The van der Waals surface area contributed by atoms with Gasteiger partial charge in [-0.25, -0.2) is 0 Å². The second-order valence-corrected chi connectivity index (χ2v) is 6.65. The number of amides is 2. The van der Waals surface area contributed by atoms with Gasteiger partial charge in [0, 0.05) is 0 Å². The zero-order valence-electron chi connectivity index (χ0n) is 13.6. The fourth-order valence-corrected chi connectivity index (χ4v) is 2.20. The maximum Gasteiger partial charge on any atom is 0.239 e. The highest BCUT2D eigenvalue weighted by molar-refractivity contribution is 5.85. The summed E-state index contributed by atoms with van der Waals surface area (Å²) in [7, 11) is 0. The first kappa shape index (κ1) is 18.2. The van der Waals surface area contributed by atoms with Crippen LogP contribution in [-0.2, 0) is 16.0 Å². The van der Waals surface area contributed by atoms with Crippen LogP contribution in [-0.4, -0.2) is 36.1 Å². The van der Waals surface area contributed by atoms with Crippen molar-refractivity contribution in [1.29, 1.82) is 0 Å². The largest absolute Gasteiger partial charge is 0.394 e. The van der Waals surface area contributed by atoms with Gasteiger partial charge in [-0.05, 0) is 17.4 Å². The van der Waals surface area contributed by atoms with Crippen molar-refractivity contribution in [2.45, 2.75) is 39.7 Å². The molecule has 0 aliphatic carbocycles. The fourth-order valence-electron chi connectivity index (χ4n) is 2.20. The van der Waals surface area contributed by atoms with Crippen molar-refractivity contribution >= 4 is 11.8 Å². The van der Waals surface area contributed by atoms with Crippen LogP contribution in [0.3, 0.4) is 0 Å². The number of aliphatic hydroxyl groups excluding tert-OH is 1. The molecule has 0 spiro atoms. The van der Waals surface area contributed by atoms with Crippen LogP contribution >= 0.6 is 0 Å². The van der Waals surface area contributed by atoms with Crippen LogP contribution in [0.1, 0.15) is 32.8 Å². The van der Waals surface area contributed by atoms with Gasteiger partial charge in [0.15, 0.2) is 0 Å². The Balaban J connectivity index is 2.34. The average Bonchev–Trinajstić information content (AvgIpc) is 2.44. The van der Waals surface area contributed by atoms with Crippen molar-refractivity contribution in [3.05, 3.63) is 35.9 Å². The molecule has 0 fully saturated rings. The van der Waals surface area contributed by atoms with E-state index >= 15 is 0 Å². The van der Waals surface area contributed by atoms with E-state index in [-0.39, 0.29) is 42.8 Å². The summed E-state index contributed by atoms with van der Waals surface area (Å²) in [6.07, 6.45) is 0.923. The van der Waals surface area contributed by atoms with Gasteiger partial charge in [-0.2, -0.15) is 0 Å². The van der Waals surface area contributed by atoms with Crippen molar-refractivity contribution in [3.63, 3.8) is 0 Å². The molecule has 0 aliphatic rings. The predicted molar refractivity (Wildman–Crippen MR) is 86.2 cm³/mol. The van der Waals surface area contributed by atoms with Gasteiger partial charge in [0.25, 0.3) is 0 Å². The number of aliphatic hydroxyl groups is 1. The van der Waals surface area contributed by atoms with Gasteiger partial charge in [0.05, 0.1) is 25.6 Å². The Hall–Kier alpha value is -1.88. The maximum absolute atomic E-state index is 11.8. The molecule has 5 nitrogen and oxygen atoms in total. The predicted octanol–water partition coefficient (Wildman–Crippen LogP) is 1.26. The Morgan fingerprint density at radius 1 is 1.14 bits per heavy atom.